The topological polar surface area (TPSA) is 77.8 Å². The van der Waals surface area contributed by atoms with E-state index in [1.54, 1.807) is 4.90 Å². The van der Waals surface area contributed by atoms with Gasteiger partial charge in [0.2, 0.25) is 5.91 Å². The molecular formula is C19H24ClNO4. The van der Waals surface area contributed by atoms with Gasteiger partial charge in [0.25, 0.3) is 0 Å². The van der Waals surface area contributed by atoms with Gasteiger partial charge in [0.15, 0.2) is 6.10 Å². The minimum atomic E-state index is -1.67. The highest BCUT2D eigenvalue weighted by Gasteiger charge is 2.35. The fourth-order valence-corrected chi connectivity index (χ4v) is 3.20. The molecule has 2 atom stereocenters. The summed E-state index contributed by atoms with van der Waals surface area (Å²) in [5.41, 5.74) is 2.21. The number of nitrogens with zero attached hydrogens (tertiary/aromatic N) is 1. The summed E-state index contributed by atoms with van der Waals surface area (Å²) in [6, 6.07) is 7.55. The SMILES string of the molecule is CC(C)C[C@H](C(=O)N1CC=C(c2ccc(Cl)cc2)CC1)[C@@H](O)C(=O)O. The number of amides is 1. The highest BCUT2D eigenvalue weighted by Crippen LogP contribution is 2.26. The number of carboxylic acid groups (broad SMARTS) is 1. The molecule has 1 heterocycles. The van der Waals surface area contributed by atoms with Crippen molar-refractivity contribution in [3.63, 3.8) is 0 Å². The van der Waals surface area contributed by atoms with Crippen molar-refractivity contribution in [1.29, 1.82) is 0 Å². The minimum absolute atomic E-state index is 0.118. The predicted molar refractivity (Wildman–Crippen MR) is 97.2 cm³/mol. The normalized spacial score (nSPS) is 17.2. The van der Waals surface area contributed by atoms with Gasteiger partial charge in [-0.25, -0.2) is 4.79 Å². The number of aliphatic hydroxyl groups excluding tert-OH is 1. The van der Waals surface area contributed by atoms with Gasteiger partial charge in [0, 0.05) is 18.1 Å². The fraction of sp³-hybridized carbons (Fsp3) is 0.474. The molecule has 0 unspecified atom stereocenters. The van der Waals surface area contributed by atoms with Gasteiger partial charge in [-0.1, -0.05) is 43.7 Å². The number of aliphatic carboxylic acids is 1. The maximum absolute atomic E-state index is 12.7. The van der Waals surface area contributed by atoms with Crippen molar-refractivity contribution in [2.24, 2.45) is 11.8 Å². The quantitative estimate of drug-likeness (QED) is 0.812. The summed E-state index contributed by atoms with van der Waals surface area (Å²) in [4.78, 5) is 25.5. The molecule has 2 rings (SSSR count). The molecule has 2 N–H and O–H groups in total. The van der Waals surface area contributed by atoms with Gasteiger partial charge < -0.3 is 15.1 Å². The highest BCUT2D eigenvalue weighted by molar-refractivity contribution is 6.30. The second-order valence-electron chi connectivity index (χ2n) is 6.79. The maximum Gasteiger partial charge on any atom is 0.333 e. The van der Waals surface area contributed by atoms with E-state index in [0.29, 0.717) is 31.0 Å². The molecule has 0 spiro atoms. The Kier molecular flexibility index (Phi) is 6.62. The molecule has 1 amide bonds. The van der Waals surface area contributed by atoms with Gasteiger partial charge in [-0.05, 0) is 42.0 Å². The zero-order chi connectivity index (χ0) is 18.6. The summed E-state index contributed by atoms with van der Waals surface area (Å²) in [5.74, 6) is -2.45. The maximum atomic E-state index is 12.7. The second-order valence-corrected chi connectivity index (χ2v) is 7.23. The molecule has 0 fully saturated rings. The smallest absolute Gasteiger partial charge is 0.333 e. The average Bonchev–Trinajstić information content (AvgIpc) is 2.59. The lowest BCUT2D eigenvalue weighted by Gasteiger charge is -2.31. The minimum Gasteiger partial charge on any atom is -0.479 e. The van der Waals surface area contributed by atoms with Crippen molar-refractivity contribution in [1.82, 2.24) is 4.90 Å². The molecule has 5 nitrogen and oxygen atoms in total. The van der Waals surface area contributed by atoms with Crippen molar-refractivity contribution in [3.8, 4) is 0 Å². The van der Waals surface area contributed by atoms with E-state index in [4.69, 9.17) is 16.7 Å². The largest absolute Gasteiger partial charge is 0.479 e. The van der Waals surface area contributed by atoms with Crippen molar-refractivity contribution < 1.29 is 19.8 Å². The zero-order valence-corrected chi connectivity index (χ0v) is 15.2. The summed E-state index contributed by atoms with van der Waals surface area (Å²) in [5, 5.41) is 19.7. The van der Waals surface area contributed by atoms with E-state index in [9.17, 15) is 14.7 Å². The molecule has 0 aromatic heterocycles. The van der Waals surface area contributed by atoms with Crippen LogP contribution < -0.4 is 0 Å². The third kappa shape index (κ3) is 5.06. The predicted octanol–water partition coefficient (Wildman–Crippen LogP) is 3.06. The molecule has 0 saturated carbocycles. The number of halogens is 1. The summed E-state index contributed by atoms with van der Waals surface area (Å²) in [7, 11) is 0. The first-order valence-electron chi connectivity index (χ1n) is 8.44. The monoisotopic (exact) mass is 365 g/mol. The number of hydrogen-bond acceptors (Lipinski definition) is 3. The van der Waals surface area contributed by atoms with E-state index in [-0.39, 0.29) is 11.8 Å². The number of benzene rings is 1. The average molecular weight is 366 g/mol. The van der Waals surface area contributed by atoms with Gasteiger partial charge in [-0.3, -0.25) is 4.79 Å². The van der Waals surface area contributed by atoms with Crippen LogP contribution in [0, 0.1) is 11.8 Å². The Hall–Kier alpha value is -1.85. The first kappa shape index (κ1) is 19.5. The van der Waals surface area contributed by atoms with Crippen molar-refractivity contribution in [2.75, 3.05) is 13.1 Å². The lowest BCUT2D eigenvalue weighted by Crippen LogP contribution is -2.45. The molecule has 0 radical (unpaired) electrons. The van der Waals surface area contributed by atoms with Crippen molar-refractivity contribution in [2.45, 2.75) is 32.8 Å². The lowest BCUT2D eigenvalue weighted by molar-refractivity contribution is -0.157. The first-order chi connectivity index (χ1) is 11.8. The summed E-state index contributed by atoms with van der Waals surface area (Å²) in [6.45, 7) is 4.74. The van der Waals surface area contributed by atoms with Crippen LogP contribution >= 0.6 is 11.6 Å². The standard InChI is InChI=1S/C19H24ClNO4/c1-12(2)11-16(17(22)19(24)25)18(23)21-9-7-14(8-10-21)13-3-5-15(20)6-4-13/h3-7,12,16-17,22H,8-11H2,1-2H3,(H,24,25)/t16-,17+/m0/s1. The van der Waals surface area contributed by atoms with Gasteiger partial charge in [0.1, 0.15) is 0 Å². The van der Waals surface area contributed by atoms with Gasteiger partial charge in [0.05, 0.1) is 5.92 Å². The Morgan fingerprint density at radius 2 is 1.88 bits per heavy atom. The highest BCUT2D eigenvalue weighted by atomic mass is 35.5. The van der Waals surface area contributed by atoms with E-state index in [1.807, 2.05) is 44.2 Å². The van der Waals surface area contributed by atoms with Gasteiger partial charge >= 0.3 is 5.97 Å². The van der Waals surface area contributed by atoms with Crippen LogP contribution in [0.4, 0.5) is 0 Å². The van der Waals surface area contributed by atoms with E-state index in [0.717, 1.165) is 11.1 Å². The Balaban J connectivity index is 2.09. The molecule has 25 heavy (non-hydrogen) atoms. The van der Waals surface area contributed by atoms with E-state index >= 15 is 0 Å². The molecule has 1 aromatic rings. The Morgan fingerprint density at radius 3 is 2.36 bits per heavy atom. The van der Waals surface area contributed by atoms with Crippen molar-refractivity contribution >= 4 is 29.1 Å². The van der Waals surface area contributed by atoms with Gasteiger partial charge in [-0.15, -0.1) is 0 Å². The van der Waals surface area contributed by atoms with E-state index in [1.165, 1.54) is 0 Å². The van der Waals surface area contributed by atoms with Crippen LogP contribution in [0.5, 0.6) is 0 Å². The molecule has 1 aliphatic rings. The van der Waals surface area contributed by atoms with Crippen LogP contribution in [0.3, 0.4) is 0 Å². The Bertz CT molecular complexity index is 654. The van der Waals surface area contributed by atoms with Crippen LogP contribution in [0.15, 0.2) is 30.3 Å². The van der Waals surface area contributed by atoms with E-state index < -0.39 is 18.0 Å². The number of carboxylic acids is 1. The molecule has 1 aromatic carbocycles. The second kappa shape index (κ2) is 8.50. The number of aliphatic hydroxyl groups is 1. The molecule has 1 aliphatic heterocycles. The van der Waals surface area contributed by atoms with Crippen molar-refractivity contribution in [3.05, 3.63) is 40.9 Å². The molecule has 0 saturated heterocycles. The first-order valence-corrected chi connectivity index (χ1v) is 8.82. The lowest BCUT2D eigenvalue weighted by atomic mass is 9.90. The zero-order valence-electron chi connectivity index (χ0n) is 14.5. The van der Waals surface area contributed by atoms with Crippen LogP contribution in [0.25, 0.3) is 5.57 Å². The number of rotatable bonds is 6. The number of carbonyl (C=O) groups is 2. The summed E-state index contributed by atoms with van der Waals surface area (Å²) in [6.07, 6.45) is 1.34. The van der Waals surface area contributed by atoms with Gasteiger partial charge in [-0.2, -0.15) is 0 Å². The number of carbonyl (C=O) groups excluding carboxylic acids is 1. The third-order valence-electron chi connectivity index (χ3n) is 4.41. The molecule has 6 heteroatoms. The summed E-state index contributed by atoms with van der Waals surface area (Å²) < 4.78 is 0. The Labute approximate surface area is 152 Å². The number of hydrogen-bond donors (Lipinski definition) is 2. The summed E-state index contributed by atoms with van der Waals surface area (Å²) >= 11 is 5.90. The molecule has 136 valence electrons. The fourth-order valence-electron chi connectivity index (χ4n) is 3.07. The third-order valence-corrected chi connectivity index (χ3v) is 4.66. The van der Waals surface area contributed by atoms with Crippen LogP contribution in [-0.2, 0) is 9.59 Å². The molecule has 0 bridgehead atoms. The molecular weight excluding hydrogens is 342 g/mol. The van der Waals surface area contributed by atoms with Crippen LogP contribution in [0.1, 0.15) is 32.3 Å². The van der Waals surface area contributed by atoms with Crippen LogP contribution in [0.2, 0.25) is 5.02 Å². The van der Waals surface area contributed by atoms with E-state index in [2.05, 4.69) is 0 Å². The molecule has 0 aliphatic carbocycles. The van der Waals surface area contributed by atoms with Crippen LogP contribution in [-0.4, -0.2) is 46.2 Å². The Morgan fingerprint density at radius 1 is 1.24 bits per heavy atom.